The van der Waals surface area contributed by atoms with Gasteiger partial charge in [0.25, 0.3) is 0 Å². The lowest BCUT2D eigenvalue weighted by atomic mass is 9.76. The highest BCUT2D eigenvalue weighted by Gasteiger charge is 2.33. The van der Waals surface area contributed by atoms with E-state index in [9.17, 15) is 13.2 Å². The van der Waals surface area contributed by atoms with E-state index in [1.165, 1.54) is 12.1 Å². The lowest BCUT2D eigenvalue weighted by Crippen LogP contribution is -2.34. The van der Waals surface area contributed by atoms with Crippen LogP contribution in [-0.2, 0) is 6.42 Å². The molecule has 1 aromatic rings. The summed E-state index contributed by atoms with van der Waals surface area (Å²) in [5.41, 5.74) is 3.15. The maximum absolute atomic E-state index is 12.4. The first-order chi connectivity index (χ1) is 11.4. The standard InChI is InChI=1S/C17H20F3N3O/c1-10-5-6-12-9-13(24-17(18,19)20)7-8-14(12)22-16(15(10)23-21)11-3-2-4-11/h7-11H,2-6,21H2,1H3/b22-16?,23-15+. The number of aliphatic imine (C=N–C) groups is 1. The van der Waals surface area contributed by atoms with E-state index >= 15 is 0 Å². The van der Waals surface area contributed by atoms with Crippen LogP contribution in [0.5, 0.6) is 5.75 Å². The summed E-state index contributed by atoms with van der Waals surface area (Å²) in [7, 11) is 0. The van der Waals surface area contributed by atoms with Gasteiger partial charge in [-0.05, 0) is 49.4 Å². The number of halogens is 3. The summed E-state index contributed by atoms with van der Waals surface area (Å²) in [6, 6.07) is 4.32. The Hall–Kier alpha value is -2.05. The number of ether oxygens (including phenoxy) is 1. The first-order valence-electron chi connectivity index (χ1n) is 8.13. The van der Waals surface area contributed by atoms with Crippen molar-refractivity contribution in [2.45, 2.75) is 45.4 Å². The van der Waals surface area contributed by atoms with Crippen LogP contribution < -0.4 is 10.6 Å². The summed E-state index contributed by atoms with van der Waals surface area (Å²) in [5, 5.41) is 3.97. The van der Waals surface area contributed by atoms with E-state index in [1.54, 1.807) is 6.07 Å². The van der Waals surface area contributed by atoms with Crippen LogP contribution >= 0.6 is 0 Å². The van der Waals surface area contributed by atoms with Gasteiger partial charge in [0, 0.05) is 11.8 Å². The highest BCUT2D eigenvalue weighted by Crippen LogP contribution is 2.36. The molecule has 3 rings (SSSR count). The average molecular weight is 339 g/mol. The Morgan fingerprint density at radius 2 is 2.00 bits per heavy atom. The maximum Gasteiger partial charge on any atom is 0.573 e. The van der Waals surface area contributed by atoms with Crippen LogP contribution in [0.4, 0.5) is 18.9 Å². The van der Waals surface area contributed by atoms with Crippen LogP contribution in [0.25, 0.3) is 0 Å². The third-order valence-electron chi connectivity index (χ3n) is 4.73. The van der Waals surface area contributed by atoms with E-state index in [0.29, 0.717) is 18.0 Å². The van der Waals surface area contributed by atoms with Crippen molar-refractivity contribution in [2.24, 2.45) is 27.8 Å². The second-order valence-electron chi connectivity index (χ2n) is 6.42. The number of fused-ring (bicyclic) bond motifs is 1. The number of hydrogen-bond acceptors (Lipinski definition) is 4. The number of alkyl halides is 3. The van der Waals surface area contributed by atoms with Crippen molar-refractivity contribution in [2.75, 3.05) is 0 Å². The highest BCUT2D eigenvalue weighted by atomic mass is 19.4. The second kappa shape index (κ2) is 6.45. The molecule has 4 nitrogen and oxygen atoms in total. The Morgan fingerprint density at radius 3 is 2.58 bits per heavy atom. The minimum Gasteiger partial charge on any atom is -0.406 e. The number of hydrogen-bond donors (Lipinski definition) is 1. The van der Waals surface area contributed by atoms with Crippen molar-refractivity contribution >= 4 is 17.1 Å². The highest BCUT2D eigenvalue weighted by molar-refractivity contribution is 6.44. The molecular formula is C17H20F3N3O. The molecule has 1 atom stereocenters. The predicted octanol–water partition coefficient (Wildman–Crippen LogP) is 4.35. The lowest BCUT2D eigenvalue weighted by Gasteiger charge is -2.31. The summed E-state index contributed by atoms with van der Waals surface area (Å²) < 4.78 is 41.3. The van der Waals surface area contributed by atoms with E-state index in [4.69, 9.17) is 10.8 Å². The first-order valence-corrected chi connectivity index (χ1v) is 8.13. The fourth-order valence-corrected chi connectivity index (χ4v) is 3.19. The van der Waals surface area contributed by atoms with E-state index in [0.717, 1.165) is 42.7 Å². The summed E-state index contributed by atoms with van der Waals surface area (Å²) >= 11 is 0. The monoisotopic (exact) mass is 339 g/mol. The van der Waals surface area contributed by atoms with Crippen LogP contribution in [0.3, 0.4) is 0 Å². The molecule has 2 aliphatic rings. The molecular weight excluding hydrogens is 319 g/mol. The zero-order chi connectivity index (χ0) is 17.3. The van der Waals surface area contributed by atoms with Crippen LogP contribution in [0.15, 0.2) is 28.3 Å². The van der Waals surface area contributed by atoms with Crippen molar-refractivity contribution in [3.63, 3.8) is 0 Å². The third-order valence-corrected chi connectivity index (χ3v) is 4.73. The molecule has 24 heavy (non-hydrogen) atoms. The number of nitrogens with two attached hydrogens (primary N) is 1. The van der Waals surface area contributed by atoms with Crippen molar-refractivity contribution in [1.82, 2.24) is 0 Å². The molecule has 1 saturated carbocycles. The second-order valence-corrected chi connectivity index (χ2v) is 6.42. The lowest BCUT2D eigenvalue weighted by molar-refractivity contribution is -0.274. The Kier molecular flexibility index (Phi) is 4.51. The fourth-order valence-electron chi connectivity index (χ4n) is 3.19. The van der Waals surface area contributed by atoms with Gasteiger partial charge in [0.05, 0.1) is 17.1 Å². The SMILES string of the molecule is CC1CCc2cc(OC(F)(F)F)ccc2N=C(C2CCC2)/C1=N/N. The van der Waals surface area contributed by atoms with Gasteiger partial charge in [0.1, 0.15) is 5.75 Å². The molecule has 0 radical (unpaired) electrons. The molecule has 0 aromatic heterocycles. The zero-order valence-corrected chi connectivity index (χ0v) is 13.4. The topological polar surface area (TPSA) is 60.0 Å². The minimum absolute atomic E-state index is 0.120. The molecule has 1 heterocycles. The van der Waals surface area contributed by atoms with Gasteiger partial charge < -0.3 is 10.6 Å². The van der Waals surface area contributed by atoms with E-state index in [-0.39, 0.29) is 11.7 Å². The molecule has 0 spiro atoms. The molecule has 1 aliphatic heterocycles. The average Bonchev–Trinajstić information content (AvgIpc) is 2.43. The largest absolute Gasteiger partial charge is 0.573 e. The first kappa shape index (κ1) is 16.8. The normalized spacial score (nSPS) is 23.8. The van der Waals surface area contributed by atoms with Crippen molar-refractivity contribution in [3.8, 4) is 5.75 Å². The molecule has 2 N–H and O–H groups in total. The van der Waals surface area contributed by atoms with E-state index in [2.05, 4.69) is 9.84 Å². The van der Waals surface area contributed by atoms with Crippen molar-refractivity contribution in [3.05, 3.63) is 23.8 Å². The molecule has 0 bridgehead atoms. The van der Waals surface area contributed by atoms with Crippen LogP contribution in [0.1, 0.15) is 38.2 Å². The molecule has 1 aromatic carbocycles. The van der Waals surface area contributed by atoms with Gasteiger partial charge in [-0.15, -0.1) is 13.2 Å². The Labute approximate surface area is 138 Å². The Balaban J connectivity index is 2.00. The third kappa shape index (κ3) is 3.55. The number of hydrazone groups is 1. The molecule has 1 fully saturated rings. The maximum atomic E-state index is 12.4. The Bertz CT molecular complexity index is 678. The molecule has 1 aliphatic carbocycles. The van der Waals surface area contributed by atoms with Crippen LogP contribution in [0.2, 0.25) is 0 Å². The molecule has 0 amide bonds. The summed E-state index contributed by atoms with van der Waals surface area (Å²) in [5.74, 6) is 5.85. The van der Waals surface area contributed by atoms with Gasteiger partial charge in [-0.1, -0.05) is 13.3 Å². The molecule has 0 saturated heterocycles. The van der Waals surface area contributed by atoms with Gasteiger partial charge in [-0.3, -0.25) is 4.99 Å². The molecule has 1 unspecified atom stereocenters. The number of aryl methyl sites for hydroxylation is 1. The van der Waals surface area contributed by atoms with E-state index in [1.807, 2.05) is 6.92 Å². The quantitative estimate of drug-likeness (QED) is 0.643. The van der Waals surface area contributed by atoms with Gasteiger partial charge in [0.15, 0.2) is 0 Å². The van der Waals surface area contributed by atoms with Gasteiger partial charge in [0.2, 0.25) is 0 Å². The van der Waals surface area contributed by atoms with Gasteiger partial charge in [-0.25, -0.2) is 0 Å². The molecule has 7 heteroatoms. The van der Waals surface area contributed by atoms with Crippen LogP contribution in [-0.4, -0.2) is 17.8 Å². The number of rotatable bonds is 2. The fraction of sp³-hybridized carbons (Fsp3) is 0.529. The zero-order valence-electron chi connectivity index (χ0n) is 13.4. The van der Waals surface area contributed by atoms with Crippen LogP contribution in [0, 0.1) is 11.8 Å². The summed E-state index contributed by atoms with van der Waals surface area (Å²) in [6.45, 7) is 2.03. The minimum atomic E-state index is -4.69. The smallest absolute Gasteiger partial charge is 0.406 e. The Morgan fingerprint density at radius 1 is 1.25 bits per heavy atom. The van der Waals surface area contributed by atoms with E-state index < -0.39 is 6.36 Å². The van der Waals surface area contributed by atoms with Gasteiger partial charge in [-0.2, -0.15) is 5.10 Å². The number of benzene rings is 1. The van der Waals surface area contributed by atoms with Crippen molar-refractivity contribution in [1.29, 1.82) is 0 Å². The van der Waals surface area contributed by atoms with Gasteiger partial charge >= 0.3 is 6.36 Å². The molecule has 130 valence electrons. The predicted molar refractivity (Wildman–Crippen MR) is 86.7 cm³/mol. The summed E-state index contributed by atoms with van der Waals surface area (Å²) in [6.07, 6.45) is -0.0787. The summed E-state index contributed by atoms with van der Waals surface area (Å²) in [4.78, 5) is 4.73. The number of nitrogens with zero attached hydrogens (tertiary/aromatic N) is 2. The van der Waals surface area contributed by atoms with Crippen molar-refractivity contribution < 1.29 is 17.9 Å².